The fraction of sp³-hybridized carbons (Fsp3) is 0.100. The minimum atomic E-state index is -0.384. The van der Waals surface area contributed by atoms with Crippen LogP contribution in [0.15, 0.2) is 84.9 Å². The Morgan fingerprint density at radius 3 is 1.86 bits per heavy atom. The molecule has 0 saturated heterocycles. The molecule has 3 aromatic carbocycles. The predicted octanol–water partition coefficient (Wildman–Crippen LogP) is 3.84. The van der Waals surface area contributed by atoms with Gasteiger partial charge in [-0.2, -0.15) is 0 Å². The van der Waals surface area contributed by atoms with Gasteiger partial charge < -0.3 is 0 Å². The van der Waals surface area contributed by atoms with E-state index in [0.717, 1.165) is 10.9 Å². The van der Waals surface area contributed by atoms with Crippen molar-refractivity contribution in [2.45, 2.75) is 11.4 Å². The van der Waals surface area contributed by atoms with Crippen LogP contribution in [0, 0.1) is 0 Å². The Labute approximate surface area is 137 Å². The van der Waals surface area contributed by atoms with E-state index in [1.54, 1.807) is 0 Å². The first-order valence-electron chi connectivity index (χ1n) is 7.34. The molecule has 1 atom stereocenters. The Kier molecular flexibility index (Phi) is 5.07. The van der Waals surface area contributed by atoms with Crippen LogP contribution >= 0.6 is 0 Å². The summed E-state index contributed by atoms with van der Waals surface area (Å²) in [6.45, 7) is 0. The van der Waals surface area contributed by atoms with E-state index in [1.807, 2.05) is 36.4 Å². The molecule has 0 aromatic heterocycles. The van der Waals surface area contributed by atoms with Gasteiger partial charge in [0, 0.05) is 0 Å². The second-order valence-electron chi connectivity index (χ2n) is 5.13. The fourth-order valence-electron chi connectivity index (χ4n) is 2.32. The van der Waals surface area contributed by atoms with Crippen LogP contribution in [-0.2, 0) is 0 Å². The van der Waals surface area contributed by atoms with Crippen LogP contribution in [0.1, 0.15) is 11.7 Å². The van der Waals surface area contributed by atoms with E-state index in [9.17, 15) is 5.11 Å². The standard InChI is InChI=1S/C20H18OSe/c21-20(15-22-19-9-5-2-6-10-19)18-13-11-17(12-14-18)16-7-3-1-4-8-16/h1-14,20-21H,15H2/t20-/m0/s1. The number of benzene rings is 3. The van der Waals surface area contributed by atoms with Gasteiger partial charge in [-0.25, -0.2) is 0 Å². The van der Waals surface area contributed by atoms with Gasteiger partial charge in [-0.05, 0) is 0 Å². The first-order valence-corrected chi connectivity index (χ1v) is 9.41. The molecule has 2 heteroatoms. The number of rotatable bonds is 5. The molecule has 0 bridgehead atoms. The Balaban J connectivity index is 1.65. The van der Waals surface area contributed by atoms with Gasteiger partial charge in [-0.15, -0.1) is 0 Å². The summed E-state index contributed by atoms with van der Waals surface area (Å²) in [4.78, 5) is 0. The number of aliphatic hydroxyl groups excluding tert-OH is 1. The molecule has 1 N–H and O–H groups in total. The number of aliphatic hydroxyl groups is 1. The van der Waals surface area contributed by atoms with Gasteiger partial charge in [-0.3, -0.25) is 0 Å². The Morgan fingerprint density at radius 2 is 1.23 bits per heavy atom. The van der Waals surface area contributed by atoms with Crippen molar-refractivity contribution in [1.29, 1.82) is 0 Å². The van der Waals surface area contributed by atoms with E-state index in [0.29, 0.717) is 15.0 Å². The summed E-state index contributed by atoms with van der Waals surface area (Å²) >= 11 is 0.304. The molecule has 0 unspecified atom stereocenters. The maximum absolute atomic E-state index is 10.4. The van der Waals surface area contributed by atoms with Gasteiger partial charge in [0.2, 0.25) is 0 Å². The van der Waals surface area contributed by atoms with Crippen molar-refractivity contribution in [2.75, 3.05) is 0 Å². The Bertz CT molecular complexity index is 693. The SMILES string of the molecule is O[C@@H](C[Se]c1ccccc1)c1ccc(-c2ccccc2)cc1. The molecule has 22 heavy (non-hydrogen) atoms. The third-order valence-corrected chi connectivity index (χ3v) is 5.84. The second-order valence-corrected chi connectivity index (χ2v) is 7.42. The summed E-state index contributed by atoms with van der Waals surface area (Å²) in [6, 6.07) is 28.9. The van der Waals surface area contributed by atoms with Crippen LogP contribution < -0.4 is 4.46 Å². The van der Waals surface area contributed by atoms with E-state index in [1.165, 1.54) is 15.6 Å². The number of hydrogen-bond donors (Lipinski definition) is 1. The zero-order chi connectivity index (χ0) is 15.2. The molecule has 3 rings (SSSR count). The molecular weight excluding hydrogens is 335 g/mol. The summed E-state index contributed by atoms with van der Waals surface area (Å²) < 4.78 is 1.33. The van der Waals surface area contributed by atoms with Gasteiger partial charge in [0.15, 0.2) is 0 Å². The quantitative estimate of drug-likeness (QED) is 0.691. The third kappa shape index (κ3) is 3.86. The summed E-state index contributed by atoms with van der Waals surface area (Å²) in [5, 5.41) is 11.2. The van der Waals surface area contributed by atoms with Gasteiger partial charge in [0.25, 0.3) is 0 Å². The molecule has 0 saturated carbocycles. The summed E-state index contributed by atoms with van der Waals surface area (Å²) in [5.41, 5.74) is 3.39. The molecule has 110 valence electrons. The topological polar surface area (TPSA) is 20.2 Å². The van der Waals surface area contributed by atoms with Crippen molar-refractivity contribution in [2.24, 2.45) is 0 Å². The molecule has 0 aliphatic rings. The van der Waals surface area contributed by atoms with E-state index >= 15 is 0 Å². The second kappa shape index (κ2) is 7.42. The zero-order valence-electron chi connectivity index (χ0n) is 12.2. The van der Waals surface area contributed by atoms with Crippen molar-refractivity contribution >= 4 is 19.4 Å². The monoisotopic (exact) mass is 354 g/mol. The molecule has 3 aromatic rings. The van der Waals surface area contributed by atoms with Crippen LogP contribution in [0.5, 0.6) is 0 Å². The molecule has 0 aliphatic heterocycles. The molecule has 0 radical (unpaired) electrons. The van der Waals surface area contributed by atoms with Gasteiger partial charge in [0.05, 0.1) is 0 Å². The summed E-state index contributed by atoms with van der Waals surface area (Å²) in [6.07, 6.45) is -0.384. The summed E-state index contributed by atoms with van der Waals surface area (Å²) in [5.74, 6) is 0. The van der Waals surface area contributed by atoms with Crippen LogP contribution in [0.3, 0.4) is 0 Å². The minimum absolute atomic E-state index is 0.304. The van der Waals surface area contributed by atoms with Crippen LogP contribution in [0.4, 0.5) is 0 Å². The average Bonchev–Trinajstić information content (AvgIpc) is 2.61. The van der Waals surface area contributed by atoms with Crippen LogP contribution in [0.25, 0.3) is 11.1 Å². The Morgan fingerprint density at radius 1 is 0.682 bits per heavy atom. The van der Waals surface area contributed by atoms with E-state index in [4.69, 9.17) is 0 Å². The van der Waals surface area contributed by atoms with Crippen molar-refractivity contribution in [3.05, 3.63) is 90.5 Å². The number of hydrogen-bond acceptors (Lipinski definition) is 1. The van der Waals surface area contributed by atoms with Crippen molar-refractivity contribution in [3.63, 3.8) is 0 Å². The first-order chi connectivity index (χ1) is 10.8. The van der Waals surface area contributed by atoms with Crippen molar-refractivity contribution in [1.82, 2.24) is 0 Å². The molecule has 0 heterocycles. The van der Waals surface area contributed by atoms with Gasteiger partial charge in [0.1, 0.15) is 0 Å². The fourth-order valence-corrected chi connectivity index (χ4v) is 4.19. The van der Waals surface area contributed by atoms with Crippen LogP contribution in [-0.4, -0.2) is 20.1 Å². The summed E-state index contributed by atoms with van der Waals surface area (Å²) in [7, 11) is 0. The van der Waals surface area contributed by atoms with Gasteiger partial charge >= 0.3 is 138 Å². The van der Waals surface area contributed by atoms with Crippen molar-refractivity contribution < 1.29 is 5.11 Å². The van der Waals surface area contributed by atoms with E-state index < -0.39 is 0 Å². The molecule has 0 amide bonds. The predicted molar refractivity (Wildman–Crippen MR) is 93.5 cm³/mol. The zero-order valence-corrected chi connectivity index (χ0v) is 13.9. The molecule has 0 aliphatic carbocycles. The molecular formula is C20H18OSe. The normalized spacial score (nSPS) is 12.0. The van der Waals surface area contributed by atoms with Gasteiger partial charge in [-0.1, -0.05) is 0 Å². The molecule has 0 spiro atoms. The van der Waals surface area contributed by atoms with Crippen LogP contribution in [0.2, 0.25) is 5.32 Å². The maximum atomic E-state index is 10.4. The van der Waals surface area contributed by atoms with E-state index in [2.05, 4.69) is 48.5 Å². The first kappa shape index (κ1) is 15.1. The Hall–Kier alpha value is -1.86. The molecule has 0 fully saturated rings. The third-order valence-electron chi connectivity index (χ3n) is 3.55. The van der Waals surface area contributed by atoms with E-state index in [-0.39, 0.29) is 6.10 Å². The van der Waals surface area contributed by atoms with Crippen molar-refractivity contribution in [3.8, 4) is 11.1 Å². The molecule has 1 nitrogen and oxygen atoms in total. The average molecular weight is 353 g/mol.